The van der Waals surface area contributed by atoms with Gasteiger partial charge in [0.25, 0.3) is 0 Å². The number of carbonyl (C=O) groups excluding carboxylic acids is 1. The highest BCUT2D eigenvalue weighted by Gasteiger charge is 2.14. The lowest BCUT2D eigenvalue weighted by Crippen LogP contribution is -2.14. The van der Waals surface area contributed by atoms with Crippen LogP contribution in [0.4, 0.5) is 5.88 Å². The van der Waals surface area contributed by atoms with Crippen LogP contribution in [0.2, 0.25) is 5.02 Å². The number of halogens is 1. The highest BCUT2D eigenvalue weighted by molar-refractivity contribution is 6.30. The van der Waals surface area contributed by atoms with E-state index in [2.05, 4.69) is 10.5 Å². The van der Waals surface area contributed by atoms with Crippen molar-refractivity contribution in [2.24, 2.45) is 0 Å². The molecule has 0 atom stereocenters. The molecule has 6 heteroatoms. The Balaban J connectivity index is 1.72. The van der Waals surface area contributed by atoms with Gasteiger partial charge in [0, 0.05) is 5.02 Å². The topological polar surface area (TPSA) is 64.4 Å². The Morgan fingerprint density at radius 3 is 2.54 bits per heavy atom. The van der Waals surface area contributed by atoms with E-state index in [4.69, 9.17) is 20.9 Å². The summed E-state index contributed by atoms with van der Waals surface area (Å²) in [5.74, 6) is 0.881. The first kappa shape index (κ1) is 16.1. The molecule has 0 saturated heterocycles. The maximum absolute atomic E-state index is 12.2. The van der Waals surface area contributed by atoms with Crippen molar-refractivity contribution in [3.05, 3.63) is 65.3 Å². The van der Waals surface area contributed by atoms with Crippen LogP contribution in [-0.4, -0.2) is 18.2 Å². The standard InChI is InChI=1S/C18H15ClN2O3/c1-23-15-8-4-13(5-9-15)16-11-20-24-18(16)21-17(22)10-12-2-6-14(19)7-3-12/h2-9,11H,10H2,1H3,(H,21,22). The number of carbonyl (C=O) groups is 1. The number of nitrogens with zero attached hydrogens (tertiary/aromatic N) is 1. The summed E-state index contributed by atoms with van der Waals surface area (Å²) in [6.45, 7) is 0. The minimum atomic E-state index is -0.191. The Bertz CT molecular complexity index is 826. The predicted molar refractivity (Wildman–Crippen MR) is 92.3 cm³/mol. The molecule has 0 fully saturated rings. The average molecular weight is 343 g/mol. The van der Waals surface area contributed by atoms with Crippen molar-refractivity contribution in [1.29, 1.82) is 0 Å². The number of nitrogens with one attached hydrogen (secondary N) is 1. The van der Waals surface area contributed by atoms with E-state index in [-0.39, 0.29) is 12.3 Å². The highest BCUT2D eigenvalue weighted by Crippen LogP contribution is 2.29. The average Bonchev–Trinajstić information content (AvgIpc) is 3.05. The number of ether oxygens (including phenoxy) is 1. The predicted octanol–water partition coefficient (Wildman–Crippen LogP) is 4.18. The summed E-state index contributed by atoms with van der Waals surface area (Å²) in [7, 11) is 1.61. The monoisotopic (exact) mass is 342 g/mol. The molecule has 0 aliphatic heterocycles. The fourth-order valence-corrected chi connectivity index (χ4v) is 2.39. The van der Waals surface area contributed by atoms with E-state index in [1.165, 1.54) is 0 Å². The molecular formula is C18H15ClN2O3. The van der Waals surface area contributed by atoms with Gasteiger partial charge in [0.2, 0.25) is 11.8 Å². The summed E-state index contributed by atoms with van der Waals surface area (Å²) >= 11 is 5.84. The van der Waals surface area contributed by atoms with Gasteiger partial charge in [0.15, 0.2) is 0 Å². The van der Waals surface area contributed by atoms with Crippen molar-refractivity contribution in [2.75, 3.05) is 12.4 Å². The number of methoxy groups -OCH3 is 1. The first-order valence-corrected chi connectivity index (χ1v) is 7.67. The molecule has 0 bridgehead atoms. The Kier molecular flexibility index (Phi) is 4.82. The van der Waals surface area contributed by atoms with Crippen LogP contribution < -0.4 is 10.1 Å². The van der Waals surface area contributed by atoms with Crippen LogP contribution in [0, 0.1) is 0 Å². The third-order valence-corrected chi connectivity index (χ3v) is 3.75. The smallest absolute Gasteiger partial charge is 0.239 e. The normalized spacial score (nSPS) is 10.4. The number of hydrogen-bond donors (Lipinski definition) is 1. The Hall–Kier alpha value is -2.79. The molecule has 1 heterocycles. The fraction of sp³-hybridized carbons (Fsp3) is 0.111. The van der Waals surface area contributed by atoms with Crippen LogP contribution in [-0.2, 0) is 11.2 Å². The number of hydrogen-bond acceptors (Lipinski definition) is 4. The summed E-state index contributed by atoms with van der Waals surface area (Å²) < 4.78 is 10.3. The Morgan fingerprint density at radius 2 is 1.88 bits per heavy atom. The molecule has 0 aliphatic carbocycles. The summed E-state index contributed by atoms with van der Waals surface area (Å²) in [6, 6.07) is 14.5. The van der Waals surface area contributed by atoms with Gasteiger partial charge in [-0.2, -0.15) is 0 Å². The van der Waals surface area contributed by atoms with Gasteiger partial charge < -0.3 is 9.26 Å². The molecular weight excluding hydrogens is 328 g/mol. The summed E-state index contributed by atoms with van der Waals surface area (Å²) in [5.41, 5.74) is 2.45. The van der Waals surface area contributed by atoms with Gasteiger partial charge in [-0.05, 0) is 35.4 Å². The molecule has 3 aromatic rings. The van der Waals surface area contributed by atoms with Crippen LogP contribution in [0.1, 0.15) is 5.56 Å². The van der Waals surface area contributed by atoms with E-state index in [0.29, 0.717) is 16.5 Å². The summed E-state index contributed by atoms with van der Waals surface area (Å²) in [6.07, 6.45) is 1.79. The molecule has 0 spiro atoms. The molecule has 1 amide bonds. The molecule has 0 saturated carbocycles. The van der Waals surface area contributed by atoms with Gasteiger partial charge in [-0.3, -0.25) is 10.1 Å². The van der Waals surface area contributed by atoms with Crippen molar-refractivity contribution in [2.45, 2.75) is 6.42 Å². The van der Waals surface area contributed by atoms with E-state index in [0.717, 1.165) is 16.9 Å². The lowest BCUT2D eigenvalue weighted by Gasteiger charge is -2.05. The van der Waals surface area contributed by atoms with E-state index in [1.54, 1.807) is 25.4 Å². The first-order valence-electron chi connectivity index (χ1n) is 7.29. The third kappa shape index (κ3) is 3.75. The molecule has 0 radical (unpaired) electrons. The largest absolute Gasteiger partial charge is 0.497 e. The maximum Gasteiger partial charge on any atom is 0.239 e. The zero-order chi connectivity index (χ0) is 16.9. The van der Waals surface area contributed by atoms with Gasteiger partial charge in [0.1, 0.15) is 5.75 Å². The van der Waals surface area contributed by atoms with Crippen LogP contribution in [0.3, 0.4) is 0 Å². The lowest BCUT2D eigenvalue weighted by molar-refractivity contribution is -0.115. The van der Waals surface area contributed by atoms with Crippen LogP contribution in [0.5, 0.6) is 5.75 Å². The number of amides is 1. The van der Waals surface area contributed by atoms with Gasteiger partial charge in [-0.25, -0.2) is 0 Å². The summed E-state index contributed by atoms with van der Waals surface area (Å²) in [5, 5.41) is 7.16. The zero-order valence-electron chi connectivity index (χ0n) is 13.0. The number of anilines is 1. The van der Waals surface area contributed by atoms with E-state index >= 15 is 0 Å². The molecule has 1 aromatic heterocycles. The Labute approximate surface area is 144 Å². The van der Waals surface area contributed by atoms with Crippen molar-refractivity contribution in [3.63, 3.8) is 0 Å². The molecule has 3 rings (SSSR count). The minimum Gasteiger partial charge on any atom is -0.497 e. The van der Waals surface area contributed by atoms with Gasteiger partial charge in [0.05, 0.1) is 25.3 Å². The Morgan fingerprint density at radius 1 is 1.17 bits per heavy atom. The van der Waals surface area contributed by atoms with E-state index < -0.39 is 0 Å². The van der Waals surface area contributed by atoms with E-state index in [1.807, 2.05) is 36.4 Å². The SMILES string of the molecule is COc1ccc(-c2cnoc2NC(=O)Cc2ccc(Cl)cc2)cc1. The second kappa shape index (κ2) is 7.19. The summed E-state index contributed by atoms with van der Waals surface area (Å²) in [4.78, 5) is 12.2. The van der Waals surface area contributed by atoms with Gasteiger partial charge in [-0.1, -0.05) is 41.0 Å². The lowest BCUT2D eigenvalue weighted by atomic mass is 10.1. The van der Waals surface area contributed by atoms with Crippen molar-refractivity contribution >= 4 is 23.4 Å². The van der Waals surface area contributed by atoms with Crippen LogP contribution in [0.15, 0.2) is 59.3 Å². The van der Waals surface area contributed by atoms with Crippen LogP contribution >= 0.6 is 11.6 Å². The fourth-order valence-electron chi connectivity index (χ4n) is 2.26. The van der Waals surface area contributed by atoms with E-state index in [9.17, 15) is 4.79 Å². The van der Waals surface area contributed by atoms with Crippen LogP contribution in [0.25, 0.3) is 11.1 Å². The van der Waals surface area contributed by atoms with Gasteiger partial charge >= 0.3 is 0 Å². The molecule has 0 aliphatic rings. The quantitative estimate of drug-likeness (QED) is 0.755. The maximum atomic E-state index is 12.2. The molecule has 2 aromatic carbocycles. The van der Waals surface area contributed by atoms with Gasteiger partial charge in [-0.15, -0.1) is 0 Å². The zero-order valence-corrected chi connectivity index (χ0v) is 13.7. The molecule has 1 N–H and O–H groups in total. The molecule has 5 nitrogen and oxygen atoms in total. The third-order valence-electron chi connectivity index (χ3n) is 3.50. The van der Waals surface area contributed by atoms with Crippen molar-refractivity contribution < 1.29 is 14.1 Å². The molecule has 24 heavy (non-hydrogen) atoms. The first-order chi connectivity index (χ1) is 11.7. The number of rotatable bonds is 5. The highest BCUT2D eigenvalue weighted by atomic mass is 35.5. The second-order valence-corrected chi connectivity index (χ2v) is 5.58. The number of aromatic nitrogens is 1. The van der Waals surface area contributed by atoms with Crippen molar-refractivity contribution in [1.82, 2.24) is 5.16 Å². The molecule has 122 valence electrons. The minimum absolute atomic E-state index is 0.191. The van der Waals surface area contributed by atoms with Crippen molar-refractivity contribution in [3.8, 4) is 16.9 Å². The molecule has 0 unspecified atom stereocenters. The second-order valence-electron chi connectivity index (χ2n) is 5.15. The number of benzene rings is 2.